The molecule has 2 fully saturated rings. The number of nitrogens with zero attached hydrogens (tertiary/aromatic N) is 2. The van der Waals surface area contributed by atoms with Gasteiger partial charge in [0.25, 0.3) is 0 Å². The monoisotopic (exact) mass is 381 g/mol. The van der Waals surface area contributed by atoms with Crippen LogP contribution in [0.3, 0.4) is 0 Å². The van der Waals surface area contributed by atoms with E-state index in [2.05, 4.69) is 10.2 Å². The lowest BCUT2D eigenvalue weighted by molar-refractivity contribution is -0.386. The molecule has 0 unspecified atom stereocenters. The van der Waals surface area contributed by atoms with Crippen molar-refractivity contribution in [3.63, 3.8) is 0 Å². The lowest BCUT2D eigenvalue weighted by Gasteiger charge is -2.39. The zero-order chi connectivity index (χ0) is 18.7. The van der Waals surface area contributed by atoms with E-state index in [1.165, 1.54) is 38.2 Å². The molecular weight excluding hydrogens is 354 g/mol. The molecular formula is C18H27N3O4S. The molecule has 3 rings (SSSR count). The van der Waals surface area contributed by atoms with Gasteiger partial charge in [0.15, 0.2) is 9.84 Å². The third kappa shape index (κ3) is 4.35. The van der Waals surface area contributed by atoms with Gasteiger partial charge in [-0.25, -0.2) is 8.42 Å². The Morgan fingerprint density at radius 1 is 1.12 bits per heavy atom. The van der Waals surface area contributed by atoms with Crippen molar-refractivity contribution in [2.75, 3.05) is 24.7 Å². The fraction of sp³-hybridized carbons (Fsp3) is 0.667. The number of nitro benzene ring substituents is 1. The van der Waals surface area contributed by atoms with Gasteiger partial charge in [-0.15, -0.1) is 0 Å². The highest BCUT2D eigenvalue weighted by Gasteiger charge is 2.30. The third-order valence-corrected chi connectivity index (χ3v) is 6.69. The van der Waals surface area contributed by atoms with Crippen LogP contribution in [0.4, 0.5) is 11.4 Å². The summed E-state index contributed by atoms with van der Waals surface area (Å²) in [6.45, 7) is 1.98. The smallest absolute Gasteiger partial charge is 0.310 e. The Morgan fingerprint density at radius 3 is 2.35 bits per heavy atom. The number of rotatable bonds is 5. The van der Waals surface area contributed by atoms with E-state index >= 15 is 0 Å². The molecule has 0 spiro atoms. The van der Waals surface area contributed by atoms with Crippen molar-refractivity contribution in [1.29, 1.82) is 0 Å². The van der Waals surface area contributed by atoms with Gasteiger partial charge in [0.05, 0.1) is 4.92 Å². The maximum atomic E-state index is 11.9. The van der Waals surface area contributed by atoms with Crippen LogP contribution in [0.15, 0.2) is 23.1 Å². The van der Waals surface area contributed by atoms with E-state index in [0.29, 0.717) is 11.7 Å². The van der Waals surface area contributed by atoms with Crippen molar-refractivity contribution >= 4 is 21.2 Å². The van der Waals surface area contributed by atoms with Crippen LogP contribution in [0.1, 0.15) is 44.9 Å². The highest BCUT2D eigenvalue weighted by Crippen LogP contribution is 2.34. The highest BCUT2D eigenvalue weighted by molar-refractivity contribution is 7.90. The first-order valence-corrected chi connectivity index (χ1v) is 11.2. The van der Waals surface area contributed by atoms with Crippen LogP contribution in [-0.4, -0.2) is 49.7 Å². The molecule has 1 aliphatic carbocycles. The first kappa shape index (κ1) is 19.1. The minimum absolute atomic E-state index is 0.128. The Labute approximate surface area is 154 Å². The predicted octanol–water partition coefficient (Wildman–Crippen LogP) is 3.21. The molecule has 8 heteroatoms. The average Bonchev–Trinajstić information content (AvgIpc) is 2.62. The molecule has 2 aliphatic rings. The summed E-state index contributed by atoms with van der Waals surface area (Å²) in [7, 11) is -3.66. The Kier molecular flexibility index (Phi) is 5.82. The Hall–Kier alpha value is -1.67. The molecule has 1 aromatic carbocycles. The van der Waals surface area contributed by atoms with Crippen LogP contribution in [-0.2, 0) is 9.84 Å². The summed E-state index contributed by atoms with van der Waals surface area (Å²) in [6, 6.07) is 5.27. The van der Waals surface area contributed by atoms with Gasteiger partial charge < -0.3 is 10.2 Å². The van der Waals surface area contributed by atoms with Gasteiger partial charge in [-0.1, -0.05) is 25.3 Å². The summed E-state index contributed by atoms with van der Waals surface area (Å²) in [5.41, 5.74) is -0.0428. The van der Waals surface area contributed by atoms with Crippen LogP contribution < -0.4 is 5.32 Å². The van der Waals surface area contributed by atoms with E-state index in [9.17, 15) is 18.5 Å². The second-order valence-corrected chi connectivity index (χ2v) is 9.41. The fourth-order valence-electron chi connectivity index (χ4n) is 4.20. The number of likely N-dealkylation sites (tertiary alicyclic amines) is 1. The van der Waals surface area contributed by atoms with Gasteiger partial charge in [0.2, 0.25) is 0 Å². The van der Waals surface area contributed by atoms with E-state index in [-0.39, 0.29) is 16.6 Å². The molecule has 144 valence electrons. The zero-order valence-corrected chi connectivity index (χ0v) is 16.0. The van der Waals surface area contributed by atoms with E-state index < -0.39 is 14.8 Å². The number of hydrogen-bond donors (Lipinski definition) is 1. The van der Waals surface area contributed by atoms with Gasteiger partial charge >= 0.3 is 5.69 Å². The Morgan fingerprint density at radius 2 is 1.77 bits per heavy atom. The largest absolute Gasteiger partial charge is 0.377 e. The topological polar surface area (TPSA) is 92.6 Å². The molecule has 0 amide bonds. The summed E-state index contributed by atoms with van der Waals surface area (Å²) < 4.78 is 23.8. The van der Waals surface area contributed by atoms with Gasteiger partial charge in [-0.05, 0) is 37.8 Å². The van der Waals surface area contributed by atoms with Crippen molar-refractivity contribution in [2.45, 2.75) is 61.9 Å². The van der Waals surface area contributed by atoms with Crippen LogP contribution >= 0.6 is 0 Å². The molecule has 1 saturated carbocycles. The molecule has 1 aromatic rings. The maximum Gasteiger partial charge on any atom is 0.310 e. The Balaban J connectivity index is 1.69. The molecule has 1 saturated heterocycles. The van der Waals surface area contributed by atoms with Crippen LogP contribution in [0, 0.1) is 10.1 Å². The van der Waals surface area contributed by atoms with E-state index in [1.54, 1.807) is 12.1 Å². The minimum Gasteiger partial charge on any atom is -0.377 e. The van der Waals surface area contributed by atoms with Crippen molar-refractivity contribution < 1.29 is 13.3 Å². The van der Waals surface area contributed by atoms with Crippen LogP contribution in [0.2, 0.25) is 0 Å². The summed E-state index contributed by atoms with van der Waals surface area (Å²) in [4.78, 5) is 13.2. The van der Waals surface area contributed by atoms with E-state index in [4.69, 9.17) is 0 Å². The highest BCUT2D eigenvalue weighted by atomic mass is 32.2. The lowest BCUT2D eigenvalue weighted by Crippen LogP contribution is -2.45. The van der Waals surface area contributed by atoms with Crippen LogP contribution in [0.25, 0.3) is 0 Å². The second-order valence-electron chi connectivity index (χ2n) is 7.43. The number of sulfone groups is 1. The number of anilines is 1. The van der Waals surface area contributed by atoms with Crippen molar-refractivity contribution in [2.24, 2.45) is 0 Å². The number of hydrogen-bond acceptors (Lipinski definition) is 6. The molecule has 1 heterocycles. The number of para-hydroxylation sites is 1. The fourth-order valence-corrected chi connectivity index (χ4v) is 5.06. The summed E-state index contributed by atoms with van der Waals surface area (Å²) in [5.74, 6) is 0. The maximum absolute atomic E-state index is 11.9. The summed E-state index contributed by atoms with van der Waals surface area (Å²) in [5, 5.41) is 14.7. The minimum atomic E-state index is -3.66. The van der Waals surface area contributed by atoms with Crippen molar-refractivity contribution in [3.05, 3.63) is 28.3 Å². The van der Waals surface area contributed by atoms with Crippen LogP contribution in [0.5, 0.6) is 0 Å². The Bertz CT molecular complexity index is 752. The second kappa shape index (κ2) is 7.92. The summed E-state index contributed by atoms with van der Waals surface area (Å²) >= 11 is 0. The average molecular weight is 381 g/mol. The molecule has 1 aliphatic heterocycles. The SMILES string of the molecule is CS(=O)(=O)c1cccc(NC2CCN(C3CCCCC3)CC2)c1[N+](=O)[O-]. The van der Waals surface area contributed by atoms with Gasteiger partial charge in [-0.2, -0.15) is 0 Å². The molecule has 1 N–H and O–H groups in total. The van der Waals surface area contributed by atoms with E-state index in [1.807, 2.05) is 0 Å². The predicted molar refractivity (Wildman–Crippen MR) is 101 cm³/mol. The van der Waals surface area contributed by atoms with Crippen molar-refractivity contribution in [3.8, 4) is 0 Å². The standard InChI is InChI=1S/C18H27N3O4S/c1-26(24,25)17-9-5-8-16(18(17)21(22)23)19-14-10-12-20(13-11-14)15-6-3-2-4-7-15/h5,8-9,14-15,19H,2-4,6-7,10-13H2,1H3. The summed E-state index contributed by atoms with van der Waals surface area (Å²) in [6.07, 6.45) is 9.35. The molecule has 0 atom stereocenters. The van der Waals surface area contributed by atoms with Crippen molar-refractivity contribution in [1.82, 2.24) is 4.90 Å². The van der Waals surface area contributed by atoms with E-state index in [0.717, 1.165) is 32.2 Å². The number of benzene rings is 1. The van der Waals surface area contributed by atoms with Gasteiger partial charge in [0.1, 0.15) is 10.6 Å². The molecule has 0 aromatic heterocycles. The third-order valence-electron chi connectivity index (χ3n) is 5.56. The number of nitro groups is 1. The number of piperidine rings is 1. The molecule has 26 heavy (non-hydrogen) atoms. The van der Waals surface area contributed by atoms with Gasteiger partial charge in [-0.3, -0.25) is 10.1 Å². The molecule has 0 radical (unpaired) electrons. The normalized spacial score (nSPS) is 20.8. The zero-order valence-electron chi connectivity index (χ0n) is 15.2. The first-order valence-electron chi connectivity index (χ1n) is 9.34. The lowest BCUT2D eigenvalue weighted by atomic mass is 9.92. The molecule has 0 bridgehead atoms. The first-order chi connectivity index (χ1) is 12.4. The molecule has 7 nitrogen and oxygen atoms in total. The quantitative estimate of drug-likeness (QED) is 0.622. The van der Waals surface area contributed by atoms with Gasteiger partial charge in [0, 0.05) is 31.4 Å². The number of nitrogens with one attached hydrogen (secondary N) is 1.